The number of hydrogen-bond acceptors (Lipinski definition) is 3. The summed E-state index contributed by atoms with van der Waals surface area (Å²) in [5, 5.41) is 5.37. The second kappa shape index (κ2) is 7.45. The van der Waals surface area contributed by atoms with Gasteiger partial charge < -0.3 is 15.1 Å². The van der Waals surface area contributed by atoms with Crippen molar-refractivity contribution in [3.8, 4) is 0 Å². The van der Waals surface area contributed by atoms with Gasteiger partial charge in [0.1, 0.15) is 6.04 Å². The molecule has 1 unspecified atom stereocenters. The van der Waals surface area contributed by atoms with Crippen molar-refractivity contribution < 1.29 is 14.0 Å². The van der Waals surface area contributed by atoms with Crippen molar-refractivity contribution >= 4 is 17.5 Å². The first-order valence-electron chi connectivity index (χ1n) is 7.34. The largest absolute Gasteiger partial charge is 0.459 e. The summed E-state index contributed by atoms with van der Waals surface area (Å²) in [6.45, 7) is 3.75. The van der Waals surface area contributed by atoms with Crippen LogP contribution in [0.25, 0.3) is 0 Å². The van der Waals surface area contributed by atoms with Gasteiger partial charge in [-0.25, -0.2) is 0 Å². The van der Waals surface area contributed by atoms with Gasteiger partial charge in [0, 0.05) is 5.69 Å². The quantitative estimate of drug-likeness (QED) is 0.861. The molecule has 1 aromatic carbocycles. The van der Waals surface area contributed by atoms with Crippen LogP contribution in [0.4, 0.5) is 5.69 Å². The van der Waals surface area contributed by atoms with Crippen LogP contribution in [0.15, 0.2) is 47.1 Å². The van der Waals surface area contributed by atoms with E-state index in [0.29, 0.717) is 5.69 Å². The van der Waals surface area contributed by atoms with Crippen molar-refractivity contribution in [2.24, 2.45) is 0 Å². The summed E-state index contributed by atoms with van der Waals surface area (Å²) in [6, 6.07) is 10.2. The highest BCUT2D eigenvalue weighted by Gasteiger charge is 2.18. The molecule has 22 heavy (non-hydrogen) atoms. The molecule has 5 nitrogen and oxygen atoms in total. The minimum atomic E-state index is -0.659. The zero-order valence-electron chi connectivity index (χ0n) is 12.8. The Morgan fingerprint density at radius 3 is 2.50 bits per heavy atom. The third-order valence-corrected chi connectivity index (χ3v) is 3.25. The maximum absolute atomic E-state index is 12.1. The topological polar surface area (TPSA) is 71.3 Å². The molecule has 0 bridgehead atoms. The summed E-state index contributed by atoms with van der Waals surface area (Å²) in [7, 11) is 0. The van der Waals surface area contributed by atoms with Gasteiger partial charge in [-0.2, -0.15) is 0 Å². The van der Waals surface area contributed by atoms with Crippen molar-refractivity contribution in [3.05, 3.63) is 54.0 Å². The molecule has 0 fully saturated rings. The lowest BCUT2D eigenvalue weighted by Crippen LogP contribution is -2.41. The van der Waals surface area contributed by atoms with E-state index in [0.717, 1.165) is 12.8 Å². The number of furan rings is 1. The Kier molecular flexibility index (Phi) is 5.36. The Hall–Kier alpha value is -2.56. The number of amides is 2. The third-order valence-electron chi connectivity index (χ3n) is 3.25. The van der Waals surface area contributed by atoms with Gasteiger partial charge in [0.05, 0.1) is 6.26 Å². The van der Waals surface area contributed by atoms with Gasteiger partial charge in [-0.3, -0.25) is 9.59 Å². The Labute approximate surface area is 129 Å². The number of nitrogens with one attached hydrogen (secondary N) is 2. The zero-order valence-corrected chi connectivity index (χ0v) is 12.8. The normalized spacial score (nSPS) is 11.7. The minimum absolute atomic E-state index is 0.184. The highest BCUT2D eigenvalue weighted by atomic mass is 16.3. The van der Waals surface area contributed by atoms with Crippen molar-refractivity contribution in [3.63, 3.8) is 0 Å². The van der Waals surface area contributed by atoms with Gasteiger partial charge in [-0.15, -0.1) is 0 Å². The van der Waals surface area contributed by atoms with Crippen LogP contribution < -0.4 is 10.6 Å². The van der Waals surface area contributed by atoms with Crippen LogP contribution >= 0.6 is 0 Å². The summed E-state index contributed by atoms with van der Waals surface area (Å²) in [5.74, 6) is -0.502. The number of anilines is 1. The van der Waals surface area contributed by atoms with E-state index in [1.54, 1.807) is 19.1 Å². The summed E-state index contributed by atoms with van der Waals surface area (Å²) >= 11 is 0. The molecule has 2 rings (SSSR count). The lowest BCUT2D eigenvalue weighted by molar-refractivity contribution is -0.117. The van der Waals surface area contributed by atoms with Crippen molar-refractivity contribution in [1.29, 1.82) is 0 Å². The van der Waals surface area contributed by atoms with Gasteiger partial charge in [0.25, 0.3) is 5.91 Å². The van der Waals surface area contributed by atoms with E-state index >= 15 is 0 Å². The zero-order chi connectivity index (χ0) is 15.9. The Morgan fingerprint density at radius 2 is 1.91 bits per heavy atom. The van der Waals surface area contributed by atoms with Crippen LogP contribution in [0.5, 0.6) is 0 Å². The van der Waals surface area contributed by atoms with Crippen LogP contribution in [0, 0.1) is 0 Å². The van der Waals surface area contributed by atoms with Gasteiger partial charge in [0.2, 0.25) is 5.91 Å². The molecule has 2 aromatic rings. The SMILES string of the molecule is CCCc1ccc(NC(=O)C(C)NC(=O)c2ccco2)cc1. The first-order valence-corrected chi connectivity index (χ1v) is 7.34. The summed E-state index contributed by atoms with van der Waals surface area (Å²) in [5.41, 5.74) is 1.95. The fourth-order valence-corrected chi connectivity index (χ4v) is 2.04. The van der Waals surface area contributed by atoms with E-state index < -0.39 is 11.9 Å². The van der Waals surface area contributed by atoms with E-state index in [1.807, 2.05) is 24.3 Å². The molecular formula is C17H20N2O3. The predicted molar refractivity (Wildman–Crippen MR) is 84.7 cm³/mol. The number of carbonyl (C=O) groups excluding carboxylic acids is 2. The molecule has 0 radical (unpaired) electrons. The first kappa shape index (κ1) is 15.8. The molecule has 5 heteroatoms. The number of rotatable bonds is 6. The second-order valence-corrected chi connectivity index (χ2v) is 5.11. The molecule has 0 spiro atoms. The van der Waals surface area contributed by atoms with Crippen LogP contribution in [-0.2, 0) is 11.2 Å². The smallest absolute Gasteiger partial charge is 0.287 e. The fraction of sp³-hybridized carbons (Fsp3) is 0.294. The van der Waals surface area contributed by atoms with Gasteiger partial charge in [-0.1, -0.05) is 25.5 Å². The fourth-order valence-electron chi connectivity index (χ4n) is 2.04. The summed E-state index contributed by atoms with van der Waals surface area (Å²) in [4.78, 5) is 23.9. The van der Waals surface area contributed by atoms with E-state index in [1.165, 1.54) is 11.8 Å². The standard InChI is InChI=1S/C17H20N2O3/c1-3-5-13-7-9-14(10-8-13)19-16(20)12(2)18-17(21)15-6-4-11-22-15/h4,6-12H,3,5H2,1-2H3,(H,18,21)(H,19,20). The van der Waals surface area contributed by atoms with E-state index in [4.69, 9.17) is 4.42 Å². The predicted octanol–water partition coefficient (Wildman–Crippen LogP) is 2.99. The van der Waals surface area contributed by atoms with Crippen LogP contribution in [0.3, 0.4) is 0 Å². The monoisotopic (exact) mass is 300 g/mol. The lowest BCUT2D eigenvalue weighted by atomic mass is 10.1. The molecule has 1 aromatic heterocycles. The molecule has 0 saturated heterocycles. The third kappa shape index (κ3) is 4.22. The Bertz CT molecular complexity index is 618. The van der Waals surface area contributed by atoms with E-state index in [-0.39, 0.29) is 11.7 Å². The Balaban J connectivity index is 1.89. The van der Waals surface area contributed by atoms with Crippen LogP contribution in [0.2, 0.25) is 0 Å². The molecule has 0 aliphatic carbocycles. The molecule has 0 saturated carbocycles. The number of carbonyl (C=O) groups is 2. The number of benzene rings is 1. The maximum Gasteiger partial charge on any atom is 0.287 e. The van der Waals surface area contributed by atoms with Gasteiger partial charge >= 0.3 is 0 Å². The lowest BCUT2D eigenvalue weighted by Gasteiger charge is -2.13. The average molecular weight is 300 g/mol. The van der Waals surface area contributed by atoms with Crippen molar-refractivity contribution in [2.45, 2.75) is 32.7 Å². The van der Waals surface area contributed by atoms with Gasteiger partial charge in [-0.05, 0) is 43.2 Å². The summed E-state index contributed by atoms with van der Waals surface area (Å²) < 4.78 is 4.99. The molecule has 116 valence electrons. The average Bonchev–Trinajstić information content (AvgIpc) is 3.04. The van der Waals surface area contributed by atoms with Gasteiger partial charge in [0.15, 0.2) is 5.76 Å². The molecule has 1 heterocycles. The summed E-state index contributed by atoms with van der Waals surface area (Å²) in [6.07, 6.45) is 3.52. The highest BCUT2D eigenvalue weighted by molar-refractivity contribution is 5.99. The highest BCUT2D eigenvalue weighted by Crippen LogP contribution is 2.11. The Morgan fingerprint density at radius 1 is 1.18 bits per heavy atom. The van der Waals surface area contributed by atoms with Crippen LogP contribution in [0.1, 0.15) is 36.4 Å². The minimum Gasteiger partial charge on any atom is -0.459 e. The molecule has 0 aliphatic heterocycles. The molecule has 2 amide bonds. The van der Waals surface area contributed by atoms with Crippen molar-refractivity contribution in [2.75, 3.05) is 5.32 Å². The number of hydrogen-bond donors (Lipinski definition) is 2. The van der Waals surface area contributed by atoms with Crippen LogP contribution in [-0.4, -0.2) is 17.9 Å². The maximum atomic E-state index is 12.1. The van der Waals surface area contributed by atoms with Crippen molar-refractivity contribution in [1.82, 2.24) is 5.32 Å². The first-order chi connectivity index (χ1) is 10.6. The molecule has 2 N–H and O–H groups in total. The second-order valence-electron chi connectivity index (χ2n) is 5.11. The van der Waals surface area contributed by atoms with E-state index in [9.17, 15) is 9.59 Å². The molecular weight excluding hydrogens is 280 g/mol. The van der Waals surface area contributed by atoms with E-state index in [2.05, 4.69) is 17.6 Å². The molecule has 1 atom stereocenters. The molecule has 0 aliphatic rings. The number of aryl methyl sites for hydroxylation is 1.